The summed E-state index contributed by atoms with van der Waals surface area (Å²) in [6, 6.07) is 9.07. The number of rotatable bonds is 7. The van der Waals surface area contributed by atoms with Gasteiger partial charge in [0.2, 0.25) is 0 Å². The van der Waals surface area contributed by atoms with E-state index in [2.05, 4.69) is 47.9 Å². The molecule has 3 N–H and O–H groups in total. The van der Waals surface area contributed by atoms with Gasteiger partial charge in [0.05, 0.1) is 6.20 Å². The molecule has 1 unspecified atom stereocenters. The molecule has 0 saturated carbocycles. The van der Waals surface area contributed by atoms with Crippen molar-refractivity contribution in [1.82, 2.24) is 15.2 Å². The zero-order valence-corrected chi connectivity index (χ0v) is 12.3. The number of aryl methyl sites for hydroxylation is 4. The maximum atomic E-state index is 5.66. The van der Waals surface area contributed by atoms with Gasteiger partial charge >= 0.3 is 0 Å². The van der Waals surface area contributed by atoms with Crippen LogP contribution in [-0.2, 0) is 19.9 Å². The van der Waals surface area contributed by atoms with E-state index in [4.69, 9.17) is 5.84 Å². The third-order valence-electron chi connectivity index (χ3n) is 3.68. The minimum Gasteiger partial charge on any atom is -0.276 e. The van der Waals surface area contributed by atoms with E-state index < -0.39 is 0 Å². The summed E-state index contributed by atoms with van der Waals surface area (Å²) < 4.78 is 1.84. The first kappa shape index (κ1) is 14.8. The second-order valence-corrected chi connectivity index (χ2v) is 5.45. The van der Waals surface area contributed by atoms with E-state index in [1.807, 2.05) is 17.9 Å². The number of nitrogens with one attached hydrogen (secondary N) is 1. The highest BCUT2D eigenvalue weighted by Gasteiger charge is 2.08. The number of hydrogen-bond donors (Lipinski definition) is 2. The van der Waals surface area contributed by atoms with Crippen molar-refractivity contribution in [3.05, 3.63) is 53.3 Å². The second kappa shape index (κ2) is 7.22. The van der Waals surface area contributed by atoms with Gasteiger partial charge in [-0.1, -0.05) is 29.8 Å². The zero-order chi connectivity index (χ0) is 14.4. The minimum atomic E-state index is 0.344. The summed E-state index contributed by atoms with van der Waals surface area (Å²) in [5.41, 5.74) is 6.88. The lowest BCUT2D eigenvalue weighted by molar-refractivity contribution is 0.464. The van der Waals surface area contributed by atoms with Crippen molar-refractivity contribution in [1.29, 1.82) is 0 Å². The van der Waals surface area contributed by atoms with E-state index in [9.17, 15) is 0 Å². The molecule has 1 atom stereocenters. The van der Waals surface area contributed by atoms with Crippen molar-refractivity contribution < 1.29 is 0 Å². The fourth-order valence-corrected chi connectivity index (χ4v) is 2.35. The Kier molecular flexibility index (Phi) is 5.32. The molecule has 0 fully saturated rings. The molecule has 0 aliphatic rings. The molecule has 1 heterocycles. The van der Waals surface area contributed by atoms with Crippen LogP contribution in [0.3, 0.4) is 0 Å². The summed E-state index contributed by atoms with van der Waals surface area (Å²) in [4.78, 5) is 0. The van der Waals surface area contributed by atoms with Gasteiger partial charge in [0.1, 0.15) is 0 Å². The van der Waals surface area contributed by atoms with Crippen molar-refractivity contribution in [3.8, 4) is 0 Å². The molecule has 20 heavy (non-hydrogen) atoms. The summed E-state index contributed by atoms with van der Waals surface area (Å²) in [7, 11) is 1.94. The Morgan fingerprint density at radius 2 is 1.80 bits per heavy atom. The van der Waals surface area contributed by atoms with Crippen LogP contribution >= 0.6 is 0 Å². The number of benzene rings is 1. The Morgan fingerprint density at radius 3 is 2.35 bits per heavy atom. The average molecular weight is 272 g/mol. The smallest absolute Gasteiger partial charge is 0.0521 e. The first-order valence-corrected chi connectivity index (χ1v) is 7.16. The maximum absolute atomic E-state index is 5.66. The van der Waals surface area contributed by atoms with Gasteiger partial charge in [0.15, 0.2) is 0 Å². The van der Waals surface area contributed by atoms with E-state index in [1.165, 1.54) is 16.7 Å². The third kappa shape index (κ3) is 4.47. The van der Waals surface area contributed by atoms with E-state index in [-0.39, 0.29) is 0 Å². The first-order valence-electron chi connectivity index (χ1n) is 7.16. The summed E-state index contributed by atoms with van der Waals surface area (Å²) in [6.45, 7) is 2.11. The highest BCUT2D eigenvalue weighted by molar-refractivity contribution is 5.21. The van der Waals surface area contributed by atoms with Crippen LogP contribution in [0.15, 0.2) is 36.7 Å². The number of hydrogen-bond acceptors (Lipinski definition) is 3. The molecule has 0 radical (unpaired) electrons. The predicted octanol–water partition coefficient (Wildman–Crippen LogP) is 2.13. The lowest BCUT2D eigenvalue weighted by atomic mass is 10.00. The number of nitrogens with zero attached hydrogens (tertiary/aromatic N) is 2. The van der Waals surface area contributed by atoms with Crippen LogP contribution < -0.4 is 11.3 Å². The lowest BCUT2D eigenvalue weighted by Gasteiger charge is -2.15. The van der Waals surface area contributed by atoms with Crippen LogP contribution in [0.5, 0.6) is 0 Å². The number of hydrazine groups is 1. The highest BCUT2D eigenvalue weighted by atomic mass is 15.2. The molecule has 0 spiro atoms. The Bertz CT molecular complexity index is 516. The van der Waals surface area contributed by atoms with Gasteiger partial charge in [-0.15, -0.1) is 0 Å². The van der Waals surface area contributed by atoms with Gasteiger partial charge in [-0.3, -0.25) is 16.0 Å². The molecule has 4 nitrogen and oxygen atoms in total. The molecule has 1 aromatic heterocycles. The third-order valence-corrected chi connectivity index (χ3v) is 3.68. The van der Waals surface area contributed by atoms with E-state index in [0.717, 1.165) is 25.7 Å². The summed E-state index contributed by atoms with van der Waals surface area (Å²) in [5, 5.41) is 4.19. The predicted molar refractivity (Wildman–Crippen MR) is 82.1 cm³/mol. The topological polar surface area (TPSA) is 55.9 Å². The number of nitrogens with two attached hydrogens (primary N) is 1. The van der Waals surface area contributed by atoms with E-state index in [0.29, 0.717) is 6.04 Å². The summed E-state index contributed by atoms with van der Waals surface area (Å²) in [5.74, 6) is 5.66. The first-order chi connectivity index (χ1) is 9.67. The Labute approximate surface area is 121 Å². The molecule has 0 saturated heterocycles. The van der Waals surface area contributed by atoms with Gasteiger partial charge in [-0.2, -0.15) is 5.10 Å². The molecular formula is C16H24N4. The minimum absolute atomic E-state index is 0.344. The van der Waals surface area contributed by atoms with Crippen LogP contribution in [0.1, 0.15) is 29.5 Å². The van der Waals surface area contributed by atoms with Crippen molar-refractivity contribution in [2.75, 3.05) is 0 Å². The van der Waals surface area contributed by atoms with Crippen LogP contribution in [0, 0.1) is 6.92 Å². The van der Waals surface area contributed by atoms with E-state index >= 15 is 0 Å². The monoisotopic (exact) mass is 272 g/mol. The van der Waals surface area contributed by atoms with Crippen molar-refractivity contribution in [2.24, 2.45) is 12.9 Å². The second-order valence-electron chi connectivity index (χ2n) is 5.45. The van der Waals surface area contributed by atoms with Crippen molar-refractivity contribution in [2.45, 2.75) is 38.6 Å². The fourth-order valence-electron chi connectivity index (χ4n) is 2.35. The molecule has 0 amide bonds. The maximum Gasteiger partial charge on any atom is 0.0521 e. The van der Waals surface area contributed by atoms with Gasteiger partial charge in [-0.25, -0.2) is 0 Å². The van der Waals surface area contributed by atoms with Gasteiger partial charge in [-0.05, 0) is 43.7 Å². The quantitative estimate of drug-likeness (QED) is 0.599. The summed E-state index contributed by atoms with van der Waals surface area (Å²) in [6.07, 6.45) is 8.15. The lowest BCUT2D eigenvalue weighted by Crippen LogP contribution is -2.35. The molecule has 0 aliphatic carbocycles. The van der Waals surface area contributed by atoms with Gasteiger partial charge in [0, 0.05) is 19.3 Å². The highest BCUT2D eigenvalue weighted by Crippen LogP contribution is 2.11. The molecule has 2 aromatic rings. The molecule has 0 aliphatic heterocycles. The van der Waals surface area contributed by atoms with Crippen LogP contribution in [0.4, 0.5) is 0 Å². The SMILES string of the molecule is Cc1ccc(CCC(CCc2cnn(C)c2)NN)cc1. The molecule has 4 heteroatoms. The normalized spacial score (nSPS) is 12.6. The van der Waals surface area contributed by atoms with Crippen molar-refractivity contribution in [3.63, 3.8) is 0 Å². The van der Waals surface area contributed by atoms with Crippen LogP contribution in [0.25, 0.3) is 0 Å². The van der Waals surface area contributed by atoms with Crippen molar-refractivity contribution >= 4 is 0 Å². The average Bonchev–Trinajstić information content (AvgIpc) is 2.87. The fraction of sp³-hybridized carbons (Fsp3) is 0.438. The van der Waals surface area contributed by atoms with Crippen LogP contribution in [-0.4, -0.2) is 15.8 Å². The Hall–Kier alpha value is -1.65. The molecule has 1 aromatic carbocycles. The standard InChI is InChI=1S/C16H24N4/c1-13-3-5-14(6-4-13)7-9-16(19-17)10-8-15-11-18-20(2)12-15/h3-6,11-12,16,19H,7-10,17H2,1-2H3. The van der Waals surface area contributed by atoms with Crippen LogP contribution in [0.2, 0.25) is 0 Å². The van der Waals surface area contributed by atoms with Gasteiger partial charge in [0.25, 0.3) is 0 Å². The summed E-state index contributed by atoms with van der Waals surface area (Å²) >= 11 is 0. The Morgan fingerprint density at radius 1 is 1.15 bits per heavy atom. The molecule has 2 rings (SSSR count). The molecule has 0 bridgehead atoms. The molecule has 108 valence electrons. The Balaban J connectivity index is 1.78. The largest absolute Gasteiger partial charge is 0.276 e. The van der Waals surface area contributed by atoms with Gasteiger partial charge < -0.3 is 0 Å². The number of aromatic nitrogens is 2. The molecular weight excluding hydrogens is 248 g/mol. The van der Waals surface area contributed by atoms with E-state index in [1.54, 1.807) is 0 Å². The zero-order valence-electron chi connectivity index (χ0n) is 12.3.